The minimum Gasteiger partial charge on any atom is -0.365 e. The lowest BCUT2D eigenvalue weighted by atomic mass is 10.1. The van der Waals surface area contributed by atoms with Crippen molar-refractivity contribution < 1.29 is 13.6 Å². The van der Waals surface area contributed by atoms with Crippen LogP contribution < -0.4 is 10.6 Å². The molecular formula is C24H25BrF2N4O. The number of carbonyl (C=O) groups excluding carboxylic acids is 1. The summed E-state index contributed by atoms with van der Waals surface area (Å²) in [5.74, 6) is -0.882. The van der Waals surface area contributed by atoms with E-state index < -0.39 is 11.7 Å². The molecule has 0 spiro atoms. The molecule has 168 valence electrons. The van der Waals surface area contributed by atoms with E-state index in [-0.39, 0.29) is 17.1 Å². The van der Waals surface area contributed by atoms with Gasteiger partial charge in [0.1, 0.15) is 17.5 Å². The van der Waals surface area contributed by atoms with Crippen molar-refractivity contribution in [1.82, 2.24) is 9.88 Å². The lowest BCUT2D eigenvalue weighted by molar-refractivity contribution is 0.102. The third-order valence-electron chi connectivity index (χ3n) is 4.85. The molecule has 1 aromatic heterocycles. The van der Waals surface area contributed by atoms with E-state index in [9.17, 15) is 13.6 Å². The van der Waals surface area contributed by atoms with Crippen LogP contribution in [0.5, 0.6) is 0 Å². The molecule has 0 unspecified atom stereocenters. The largest absolute Gasteiger partial charge is 0.365 e. The maximum absolute atomic E-state index is 14.2. The summed E-state index contributed by atoms with van der Waals surface area (Å²) >= 11 is 3.19. The fourth-order valence-electron chi connectivity index (χ4n) is 3.21. The fraction of sp³-hybridized carbons (Fsp3) is 0.250. The first kappa shape index (κ1) is 23.8. The number of nitrogens with zero attached hydrogens (tertiary/aromatic N) is 2. The normalized spacial score (nSPS) is 10.9. The summed E-state index contributed by atoms with van der Waals surface area (Å²) in [7, 11) is 3.98. The average Bonchev–Trinajstić information content (AvgIpc) is 2.76. The number of carbonyl (C=O) groups is 1. The molecule has 0 bridgehead atoms. The highest BCUT2D eigenvalue weighted by Gasteiger charge is 2.15. The third kappa shape index (κ3) is 6.58. The van der Waals surface area contributed by atoms with Crippen LogP contribution in [0, 0.1) is 11.6 Å². The van der Waals surface area contributed by atoms with E-state index in [0.717, 1.165) is 18.5 Å². The highest BCUT2D eigenvalue weighted by atomic mass is 79.9. The molecule has 0 aliphatic carbocycles. The summed E-state index contributed by atoms with van der Waals surface area (Å²) < 4.78 is 28.8. The van der Waals surface area contributed by atoms with Crippen LogP contribution in [-0.4, -0.2) is 36.4 Å². The van der Waals surface area contributed by atoms with Gasteiger partial charge in [-0.15, -0.1) is 0 Å². The van der Waals surface area contributed by atoms with Gasteiger partial charge >= 0.3 is 0 Å². The molecule has 32 heavy (non-hydrogen) atoms. The lowest BCUT2D eigenvalue weighted by Crippen LogP contribution is -2.16. The molecule has 2 N–H and O–H groups in total. The van der Waals surface area contributed by atoms with Gasteiger partial charge in [-0.25, -0.2) is 13.8 Å². The molecule has 1 amide bonds. The second-order valence-corrected chi connectivity index (χ2v) is 8.58. The number of pyridine rings is 1. The van der Waals surface area contributed by atoms with Gasteiger partial charge in [0.05, 0.1) is 11.3 Å². The zero-order valence-electron chi connectivity index (χ0n) is 18.0. The van der Waals surface area contributed by atoms with Gasteiger partial charge in [0, 0.05) is 17.2 Å². The molecule has 3 aromatic rings. The number of amides is 1. The van der Waals surface area contributed by atoms with Gasteiger partial charge in [-0.3, -0.25) is 4.79 Å². The number of hydrogen-bond acceptors (Lipinski definition) is 4. The van der Waals surface area contributed by atoms with E-state index in [0.29, 0.717) is 28.8 Å². The molecule has 2 aromatic carbocycles. The molecule has 1 heterocycles. The van der Waals surface area contributed by atoms with Gasteiger partial charge in [-0.05, 0) is 81.0 Å². The van der Waals surface area contributed by atoms with Crippen LogP contribution in [0.4, 0.5) is 20.3 Å². The minimum absolute atomic E-state index is 0.0777. The Labute approximate surface area is 195 Å². The summed E-state index contributed by atoms with van der Waals surface area (Å²) in [5.41, 5.74) is 1.90. The zero-order chi connectivity index (χ0) is 23.1. The van der Waals surface area contributed by atoms with Crippen molar-refractivity contribution in [1.29, 1.82) is 0 Å². The van der Waals surface area contributed by atoms with Gasteiger partial charge in [0.2, 0.25) is 0 Å². The quantitative estimate of drug-likeness (QED) is 0.406. The van der Waals surface area contributed by atoms with E-state index in [4.69, 9.17) is 0 Å². The van der Waals surface area contributed by atoms with Gasteiger partial charge in [0.15, 0.2) is 0 Å². The van der Waals surface area contributed by atoms with Gasteiger partial charge in [0.25, 0.3) is 5.91 Å². The molecule has 8 heteroatoms. The number of anilines is 2. The Kier molecular flexibility index (Phi) is 8.30. The third-order valence-corrected chi connectivity index (χ3v) is 5.35. The van der Waals surface area contributed by atoms with Gasteiger partial charge < -0.3 is 15.5 Å². The summed E-state index contributed by atoms with van der Waals surface area (Å²) in [6.45, 7) is 1.25. The van der Waals surface area contributed by atoms with Crippen LogP contribution in [0.15, 0.2) is 59.2 Å². The second kappa shape index (κ2) is 11.2. The summed E-state index contributed by atoms with van der Waals surface area (Å²) in [6, 6.07) is 12.7. The highest BCUT2D eigenvalue weighted by Crippen LogP contribution is 2.22. The predicted octanol–water partition coefficient (Wildman–Crippen LogP) is 5.48. The van der Waals surface area contributed by atoms with Crippen LogP contribution in [0.3, 0.4) is 0 Å². The Bertz CT molecular complexity index is 1090. The first-order valence-corrected chi connectivity index (χ1v) is 11.0. The van der Waals surface area contributed by atoms with E-state index in [1.807, 2.05) is 20.2 Å². The molecule has 0 saturated carbocycles. The Morgan fingerprint density at radius 3 is 2.66 bits per heavy atom. The number of benzene rings is 2. The molecule has 0 atom stereocenters. The SMILES string of the molecule is CN(C)CCCc1cc(CNc2ncccc2C(=O)Nc2ccc(Br)cc2F)ccc1F. The van der Waals surface area contributed by atoms with E-state index in [2.05, 4.69) is 36.4 Å². The number of hydrogen-bond donors (Lipinski definition) is 2. The number of rotatable bonds is 9. The van der Waals surface area contributed by atoms with Crippen LogP contribution in [0.25, 0.3) is 0 Å². The Balaban J connectivity index is 1.69. The molecule has 5 nitrogen and oxygen atoms in total. The maximum Gasteiger partial charge on any atom is 0.259 e. The number of nitrogens with one attached hydrogen (secondary N) is 2. The van der Waals surface area contributed by atoms with Crippen molar-refractivity contribution in [2.75, 3.05) is 31.3 Å². The van der Waals surface area contributed by atoms with Crippen LogP contribution in [-0.2, 0) is 13.0 Å². The van der Waals surface area contributed by atoms with Crippen molar-refractivity contribution >= 4 is 33.3 Å². The van der Waals surface area contributed by atoms with Gasteiger partial charge in [-0.1, -0.05) is 28.1 Å². The van der Waals surface area contributed by atoms with E-state index in [1.54, 1.807) is 30.5 Å². The molecular weight excluding hydrogens is 478 g/mol. The molecule has 0 radical (unpaired) electrons. The van der Waals surface area contributed by atoms with Crippen molar-refractivity contribution in [2.24, 2.45) is 0 Å². The number of aryl methyl sites for hydroxylation is 1. The highest BCUT2D eigenvalue weighted by molar-refractivity contribution is 9.10. The summed E-state index contributed by atoms with van der Waals surface area (Å²) in [6.07, 6.45) is 3.07. The molecule has 0 aliphatic heterocycles. The Morgan fingerprint density at radius 1 is 1.09 bits per heavy atom. The first-order chi connectivity index (χ1) is 15.3. The lowest BCUT2D eigenvalue weighted by Gasteiger charge is -2.13. The van der Waals surface area contributed by atoms with E-state index >= 15 is 0 Å². The fourth-order valence-corrected chi connectivity index (χ4v) is 3.54. The van der Waals surface area contributed by atoms with Crippen LogP contribution in [0.2, 0.25) is 0 Å². The monoisotopic (exact) mass is 502 g/mol. The molecule has 0 saturated heterocycles. The van der Waals surface area contributed by atoms with E-state index in [1.165, 1.54) is 18.2 Å². The van der Waals surface area contributed by atoms with Crippen molar-refractivity contribution in [3.8, 4) is 0 Å². The number of aromatic nitrogens is 1. The van der Waals surface area contributed by atoms with Crippen molar-refractivity contribution in [3.63, 3.8) is 0 Å². The molecule has 0 fully saturated rings. The van der Waals surface area contributed by atoms with Crippen molar-refractivity contribution in [3.05, 3.63) is 87.5 Å². The standard InChI is InChI=1S/C24H25BrF2N4O/c1-31(2)12-4-5-17-13-16(7-9-20(17)26)15-29-23-19(6-3-11-28-23)24(32)30-22-10-8-18(25)14-21(22)27/h3,6-11,13-14H,4-5,12,15H2,1-2H3,(H,28,29)(H,30,32). The average molecular weight is 503 g/mol. The summed E-state index contributed by atoms with van der Waals surface area (Å²) in [5, 5.41) is 5.71. The van der Waals surface area contributed by atoms with Crippen LogP contribution in [0.1, 0.15) is 27.9 Å². The summed E-state index contributed by atoms with van der Waals surface area (Å²) in [4.78, 5) is 19.0. The molecule has 3 rings (SSSR count). The van der Waals surface area contributed by atoms with Gasteiger partial charge in [-0.2, -0.15) is 0 Å². The first-order valence-electron chi connectivity index (χ1n) is 10.2. The smallest absolute Gasteiger partial charge is 0.259 e. The predicted molar refractivity (Wildman–Crippen MR) is 127 cm³/mol. The molecule has 0 aliphatic rings. The maximum atomic E-state index is 14.2. The van der Waals surface area contributed by atoms with Crippen molar-refractivity contribution in [2.45, 2.75) is 19.4 Å². The number of halogens is 3. The van der Waals surface area contributed by atoms with Crippen LogP contribution >= 0.6 is 15.9 Å². The zero-order valence-corrected chi connectivity index (χ0v) is 19.5. The minimum atomic E-state index is -0.542. The Hall–Kier alpha value is -2.84. The topological polar surface area (TPSA) is 57.3 Å². The Morgan fingerprint density at radius 2 is 1.91 bits per heavy atom. The second-order valence-electron chi connectivity index (χ2n) is 7.66.